The molecule has 1 heterocycles. The number of hydrogen-bond acceptors (Lipinski definition) is 5. The Morgan fingerprint density at radius 3 is 2.89 bits per heavy atom. The number of ether oxygens (including phenoxy) is 2. The van der Waals surface area contributed by atoms with Crippen molar-refractivity contribution in [1.82, 2.24) is 15.5 Å². The Bertz CT molecular complexity index is 629. The molecule has 8 heteroatoms. The highest BCUT2D eigenvalue weighted by molar-refractivity contribution is 6.30. The molecular weight excluding hydrogens is 378 g/mol. The van der Waals surface area contributed by atoms with Crippen LogP contribution in [0.5, 0.6) is 5.75 Å². The summed E-state index contributed by atoms with van der Waals surface area (Å²) in [6.07, 6.45) is 2.09. The standard InChI is InChI=1S/C20H34ClN5O2/c1-22-20(23-9-5-10-25(2)12-13-27-3)24-17-8-11-26(15-17)18-14-16(21)6-7-19(18)28-4/h6-7,14,17H,5,8-13,15H2,1-4H3,(H2,22,23,24). The zero-order chi connectivity index (χ0) is 20.4. The summed E-state index contributed by atoms with van der Waals surface area (Å²) in [5.41, 5.74) is 1.04. The summed E-state index contributed by atoms with van der Waals surface area (Å²) in [5.74, 6) is 1.70. The van der Waals surface area contributed by atoms with Crippen LogP contribution in [0.15, 0.2) is 23.2 Å². The maximum Gasteiger partial charge on any atom is 0.191 e. The van der Waals surface area contributed by atoms with Gasteiger partial charge in [-0.2, -0.15) is 0 Å². The molecule has 1 unspecified atom stereocenters. The second-order valence-corrected chi connectivity index (χ2v) is 7.48. The van der Waals surface area contributed by atoms with Gasteiger partial charge in [-0.1, -0.05) is 11.6 Å². The zero-order valence-corrected chi connectivity index (χ0v) is 18.3. The summed E-state index contributed by atoms with van der Waals surface area (Å²) in [6, 6.07) is 6.08. The van der Waals surface area contributed by atoms with Crippen molar-refractivity contribution in [2.24, 2.45) is 4.99 Å². The Kier molecular flexibility index (Phi) is 9.67. The lowest BCUT2D eigenvalue weighted by Crippen LogP contribution is -2.45. The fraction of sp³-hybridized carbons (Fsp3) is 0.650. The third-order valence-electron chi connectivity index (χ3n) is 4.92. The topological polar surface area (TPSA) is 61.4 Å². The average molecular weight is 412 g/mol. The number of rotatable bonds is 10. The molecule has 1 aromatic carbocycles. The molecule has 0 aromatic heterocycles. The minimum absolute atomic E-state index is 0.333. The first-order chi connectivity index (χ1) is 13.6. The predicted molar refractivity (Wildman–Crippen MR) is 117 cm³/mol. The minimum Gasteiger partial charge on any atom is -0.495 e. The van der Waals surface area contributed by atoms with Crippen LogP contribution in [0.1, 0.15) is 12.8 Å². The molecule has 1 fully saturated rings. The Labute approximate surface area is 174 Å². The number of likely N-dealkylation sites (N-methyl/N-ethyl adjacent to an activating group) is 1. The number of methoxy groups -OCH3 is 2. The van der Waals surface area contributed by atoms with Crippen molar-refractivity contribution in [3.05, 3.63) is 23.2 Å². The summed E-state index contributed by atoms with van der Waals surface area (Å²) < 4.78 is 10.6. The Morgan fingerprint density at radius 1 is 1.36 bits per heavy atom. The highest BCUT2D eigenvalue weighted by Gasteiger charge is 2.25. The predicted octanol–water partition coefficient (Wildman–Crippen LogP) is 2.06. The number of halogens is 1. The number of nitrogens with one attached hydrogen (secondary N) is 2. The van der Waals surface area contributed by atoms with Crippen LogP contribution in [-0.2, 0) is 4.74 Å². The van der Waals surface area contributed by atoms with Crippen LogP contribution in [0, 0.1) is 0 Å². The average Bonchev–Trinajstić information content (AvgIpc) is 3.17. The maximum atomic E-state index is 6.18. The van der Waals surface area contributed by atoms with Gasteiger partial charge in [-0.05, 0) is 44.6 Å². The molecule has 7 nitrogen and oxygen atoms in total. The highest BCUT2D eigenvalue weighted by atomic mass is 35.5. The summed E-state index contributed by atoms with van der Waals surface area (Å²) in [5, 5.41) is 7.66. The van der Waals surface area contributed by atoms with Gasteiger partial charge in [-0.25, -0.2) is 0 Å². The lowest BCUT2D eigenvalue weighted by molar-refractivity contribution is 0.161. The van der Waals surface area contributed by atoms with Crippen molar-refractivity contribution in [2.45, 2.75) is 18.9 Å². The molecule has 2 rings (SSSR count). The summed E-state index contributed by atoms with van der Waals surface area (Å²) in [4.78, 5) is 8.94. The molecule has 0 aliphatic carbocycles. The summed E-state index contributed by atoms with van der Waals surface area (Å²) in [6.45, 7) is 5.47. The van der Waals surface area contributed by atoms with E-state index in [0.717, 1.165) is 74.6 Å². The number of anilines is 1. The van der Waals surface area contributed by atoms with Crippen molar-refractivity contribution < 1.29 is 9.47 Å². The monoisotopic (exact) mass is 411 g/mol. The van der Waals surface area contributed by atoms with Gasteiger partial charge in [-0.15, -0.1) is 0 Å². The quantitative estimate of drug-likeness (QED) is 0.349. The molecule has 28 heavy (non-hydrogen) atoms. The molecule has 0 saturated carbocycles. The lowest BCUT2D eigenvalue weighted by Gasteiger charge is -2.22. The fourth-order valence-corrected chi connectivity index (χ4v) is 3.48. The first-order valence-corrected chi connectivity index (χ1v) is 10.2. The van der Waals surface area contributed by atoms with Gasteiger partial charge in [0, 0.05) is 51.4 Å². The largest absolute Gasteiger partial charge is 0.495 e. The van der Waals surface area contributed by atoms with Gasteiger partial charge in [0.1, 0.15) is 5.75 Å². The summed E-state index contributed by atoms with van der Waals surface area (Å²) in [7, 11) is 7.35. The normalized spacial score (nSPS) is 17.3. The van der Waals surface area contributed by atoms with Crippen LogP contribution < -0.4 is 20.3 Å². The van der Waals surface area contributed by atoms with Crippen molar-refractivity contribution in [3.8, 4) is 5.75 Å². The van der Waals surface area contributed by atoms with E-state index in [1.54, 1.807) is 14.2 Å². The van der Waals surface area contributed by atoms with Crippen LogP contribution in [-0.4, -0.2) is 84.5 Å². The first-order valence-electron chi connectivity index (χ1n) is 9.80. The maximum absolute atomic E-state index is 6.18. The number of hydrogen-bond donors (Lipinski definition) is 2. The number of aliphatic imine (C=N–C) groups is 1. The summed E-state index contributed by atoms with van der Waals surface area (Å²) >= 11 is 6.18. The Balaban J connectivity index is 1.76. The lowest BCUT2D eigenvalue weighted by atomic mass is 10.2. The van der Waals surface area contributed by atoms with Crippen LogP contribution in [0.3, 0.4) is 0 Å². The van der Waals surface area contributed by atoms with Gasteiger partial charge in [-0.3, -0.25) is 4.99 Å². The van der Waals surface area contributed by atoms with Gasteiger partial charge >= 0.3 is 0 Å². The smallest absolute Gasteiger partial charge is 0.191 e. The van der Waals surface area contributed by atoms with E-state index in [0.29, 0.717) is 6.04 Å². The van der Waals surface area contributed by atoms with E-state index in [4.69, 9.17) is 21.1 Å². The van der Waals surface area contributed by atoms with Crippen LogP contribution in [0.4, 0.5) is 5.69 Å². The van der Waals surface area contributed by atoms with Gasteiger partial charge in [0.25, 0.3) is 0 Å². The molecule has 0 radical (unpaired) electrons. The number of nitrogens with zero attached hydrogens (tertiary/aromatic N) is 3. The first kappa shape index (κ1) is 22.6. The van der Waals surface area contributed by atoms with E-state index < -0.39 is 0 Å². The molecule has 1 aliphatic heterocycles. The molecule has 1 aromatic rings. The third kappa shape index (κ3) is 7.04. The Morgan fingerprint density at radius 2 is 2.18 bits per heavy atom. The molecule has 2 N–H and O–H groups in total. The van der Waals surface area contributed by atoms with E-state index in [2.05, 4.69) is 32.5 Å². The van der Waals surface area contributed by atoms with Crippen LogP contribution in [0.2, 0.25) is 5.02 Å². The van der Waals surface area contributed by atoms with Crippen molar-refractivity contribution in [2.75, 3.05) is 72.5 Å². The molecule has 1 saturated heterocycles. The van der Waals surface area contributed by atoms with E-state index >= 15 is 0 Å². The molecule has 0 bridgehead atoms. The molecular formula is C20H34ClN5O2. The van der Waals surface area contributed by atoms with Gasteiger partial charge in [0.15, 0.2) is 5.96 Å². The molecule has 0 spiro atoms. The molecule has 1 aliphatic rings. The van der Waals surface area contributed by atoms with E-state index in [9.17, 15) is 0 Å². The van der Waals surface area contributed by atoms with Crippen molar-refractivity contribution in [3.63, 3.8) is 0 Å². The highest BCUT2D eigenvalue weighted by Crippen LogP contribution is 2.33. The Hall–Kier alpha value is -1.70. The second kappa shape index (κ2) is 12.0. The van der Waals surface area contributed by atoms with E-state index in [1.807, 2.05) is 25.2 Å². The number of benzene rings is 1. The molecule has 1 atom stereocenters. The van der Waals surface area contributed by atoms with E-state index in [-0.39, 0.29) is 0 Å². The van der Waals surface area contributed by atoms with Gasteiger partial charge in [0.2, 0.25) is 0 Å². The van der Waals surface area contributed by atoms with Crippen molar-refractivity contribution >= 4 is 23.2 Å². The van der Waals surface area contributed by atoms with Crippen LogP contribution in [0.25, 0.3) is 0 Å². The molecule has 0 amide bonds. The zero-order valence-electron chi connectivity index (χ0n) is 17.5. The van der Waals surface area contributed by atoms with Gasteiger partial charge < -0.3 is 29.9 Å². The molecule has 158 valence electrons. The van der Waals surface area contributed by atoms with Gasteiger partial charge in [0.05, 0.1) is 19.4 Å². The van der Waals surface area contributed by atoms with E-state index in [1.165, 1.54) is 0 Å². The SMILES string of the molecule is CN=C(NCCCN(C)CCOC)NC1CCN(c2cc(Cl)ccc2OC)C1. The third-order valence-corrected chi connectivity index (χ3v) is 5.16. The second-order valence-electron chi connectivity index (χ2n) is 7.04. The van der Waals surface area contributed by atoms with Crippen molar-refractivity contribution in [1.29, 1.82) is 0 Å². The fourth-order valence-electron chi connectivity index (χ4n) is 3.31. The minimum atomic E-state index is 0.333. The van der Waals surface area contributed by atoms with Crippen LogP contribution >= 0.6 is 11.6 Å². The number of guanidine groups is 1.